The summed E-state index contributed by atoms with van der Waals surface area (Å²) in [5.74, 6) is -1.01. The van der Waals surface area contributed by atoms with Gasteiger partial charge in [-0.1, -0.05) is 41.4 Å². The maximum atomic E-state index is 11.9. The Morgan fingerprint density at radius 3 is 2.36 bits per heavy atom. The molecule has 0 saturated carbocycles. The molecule has 0 aliphatic rings. The molecule has 0 aliphatic carbocycles. The van der Waals surface area contributed by atoms with Gasteiger partial charge in [-0.15, -0.1) is 0 Å². The van der Waals surface area contributed by atoms with Crippen molar-refractivity contribution in [2.24, 2.45) is 0 Å². The number of carbonyl (C=O) groups excluding carboxylic acids is 1. The number of halogens is 2. The lowest BCUT2D eigenvalue weighted by Gasteiger charge is -2.16. The maximum absolute atomic E-state index is 11.9. The lowest BCUT2D eigenvalue weighted by molar-refractivity contribution is -0.153. The van der Waals surface area contributed by atoms with Crippen molar-refractivity contribution in [3.63, 3.8) is 0 Å². The van der Waals surface area contributed by atoms with Gasteiger partial charge in [-0.2, -0.15) is 0 Å². The molecule has 0 heterocycles. The molecule has 0 radical (unpaired) electrons. The zero-order chi connectivity index (χ0) is 20.7. The fourth-order valence-electron chi connectivity index (χ4n) is 2.40. The standard InChI is InChI=1S/C20H21Cl2NO5/c1-12(2)28-18(19(24)25)9-13-3-7-16(8-4-13)23-20(26)27-11-14-5-6-15(21)10-17(14)22/h3-8,10,12,18H,9,11H2,1-2H3,(H,23,26)(H,24,25). The van der Waals surface area contributed by atoms with Gasteiger partial charge in [0.25, 0.3) is 0 Å². The zero-order valence-electron chi connectivity index (χ0n) is 15.4. The number of amides is 1. The zero-order valence-corrected chi connectivity index (χ0v) is 17.0. The monoisotopic (exact) mass is 425 g/mol. The highest BCUT2D eigenvalue weighted by Gasteiger charge is 2.20. The van der Waals surface area contributed by atoms with E-state index < -0.39 is 18.2 Å². The molecule has 1 amide bonds. The van der Waals surface area contributed by atoms with Crippen molar-refractivity contribution in [3.05, 3.63) is 63.6 Å². The highest BCUT2D eigenvalue weighted by atomic mass is 35.5. The highest BCUT2D eigenvalue weighted by molar-refractivity contribution is 6.35. The van der Waals surface area contributed by atoms with Crippen molar-refractivity contribution in [2.45, 2.75) is 39.1 Å². The number of carboxylic acids is 1. The Morgan fingerprint density at radius 2 is 1.79 bits per heavy atom. The summed E-state index contributed by atoms with van der Waals surface area (Å²) in [7, 11) is 0. The van der Waals surface area contributed by atoms with Gasteiger partial charge in [0.2, 0.25) is 0 Å². The van der Waals surface area contributed by atoms with Gasteiger partial charge in [-0.3, -0.25) is 5.32 Å². The molecule has 150 valence electrons. The number of aliphatic carboxylic acids is 1. The Morgan fingerprint density at radius 1 is 1.11 bits per heavy atom. The van der Waals surface area contributed by atoms with E-state index in [1.165, 1.54) is 0 Å². The van der Waals surface area contributed by atoms with Crippen LogP contribution in [0.25, 0.3) is 0 Å². The minimum atomic E-state index is -1.01. The average molecular weight is 426 g/mol. The van der Waals surface area contributed by atoms with Crippen molar-refractivity contribution >= 4 is 41.0 Å². The van der Waals surface area contributed by atoms with Crippen molar-refractivity contribution in [1.82, 2.24) is 0 Å². The van der Waals surface area contributed by atoms with E-state index in [2.05, 4.69) is 5.32 Å². The van der Waals surface area contributed by atoms with Crippen LogP contribution in [0.2, 0.25) is 10.0 Å². The first-order valence-electron chi connectivity index (χ1n) is 8.59. The normalized spacial score (nSPS) is 11.9. The van der Waals surface area contributed by atoms with Crippen LogP contribution >= 0.6 is 23.2 Å². The molecule has 0 aliphatic heterocycles. The first-order chi connectivity index (χ1) is 13.2. The molecule has 0 aromatic heterocycles. The number of carbonyl (C=O) groups is 2. The molecule has 0 saturated heterocycles. The minimum absolute atomic E-state index is 0.00670. The molecule has 28 heavy (non-hydrogen) atoms. The molecule has 2 aromatic carbocycles. The summed E-state index contributed by atoms with van der Waals surface area (Å²) < 4.78 is 10.5. The number of hydrogen-bond donors (Lipinski definition) is 2. The van der Waals surface area contributed by atoms with Gasteiger partial charge < -0.3 is 14.6 Å². The Balaban J connectivity index is 1.89. The SMILES string of the molecule is CC(C)OC(Cc1ccc(NC(=O)OCc2ccc(Cl)cc2Cl)cc1)C(=O)O. The van der Waals surface area contributed by atoms with E-state index in [-0.39, 0.29) is 19.1 Å². The molecule has 2 N–H and O–H groups in total. The van der Waals surface area contributed by atoms with Gasteiger partial charge in [-0.25, -0.2) is 9.59 Å². The topological polar surface area (TPSA) is 84.9 Å². The van der Waals surface area contributed by atoms with E-state index in [9.17, 15) is 14.7 Å². The van der Waals surface area contributed by atoms with Crippen LogP contribution in [0.1, 0.15) is 25.0 Å². The van der Waals surface area contributed by atoms with Gasteiger partial charge in [0.15, 0.2) is 6.10 Å². The summed E-state index contributed by atoms with van der Waals surface area (Å²) >= 11 is 11.9. The summed E-state index contributed by atoms with van der Waals surface area (Å²) in [6.07, 6.45) is -1.52. The lowest BCUT2D eigenvalue weighted by atomic mass is 10.1. The summed E-state index contributed by atoms with van der Waals surface area (Å²) in [4.78, 5) is 23.2. The molecular formula is C20H21Cl2NO5. The number of ether oxygens (including phenoxy) is 2. The Labute approximate surface area is 173 Å². The van der Waals surface area contributed by atoms with Crippen LogP contribution in [0, 0.1) is 0 Å². The van der Waals surface area contributed by atoms with Crippen LogP contribution in [0.5, 0.6) is 0 Å². The largest absolute Gasteiger partial charge is 0.479 e. The van der Waals surface area contributed by atoms with Gasteiger partial charge in [0.05, 0.1) is 6.10 Å². The van der Waals surface area contributed by atoms with Crippen LogP contribution in [0.4, 0.5) is 10.5 Å². The number of nitrogens with one attached hydrogen (secondary N) is 1. The lowest BCUT2D eigenvalue weighted by Crippen LogP contribution is -2.29. The van der Waals surface area contributed by atoms with Crippen LogP contribution < -0.4 is 5.32 Å². The third-order valence-electron chi connectivity index (χ3n) is 3.71. The van der Waals surface area contributed by atoms with E-state index in [1.54, 1.807) is 56.3 Å². The Hall–Kier alpha value is -2.28. The quantitative estimate of drug-likeness (QED) is 0.609. The van der Waals surface area contributed by atoms with E-state index in [1.807, 2.05) is 0 Å². The molecule has 6 nitrogen and oxygen atoms in total. The Bertz CT molecular complexity index is 824. The van der Waals surface area contributed by atoms with Gasteiger partial charge >= 0.3 is 12.1 Å². The second-order valence-electron chi connectivity index (χ2n) is 6.35. The van der Waals surface area contributed by atoms with Gasteiger partial charge in [0, 0.05) is 27.7 Å². The highest BCUT2D eigenvalue weighted by Crippen LogP contribution is 2.22. The summed E-state index contributed by atoms with van der Waals surface area (Å²) in [6, 6.07) is 11.7. The van der Waals surface area contributed by atoms with Gasteiger partial charge in [0.1, 0.15) is 6.61 Å². The summed E-state index contributed by atoms with van der Waals surface area (Å²) in [5, 5.41) is 12.7. The molecule has 0 bridgehead atoms. The molecule has 0 spiro atoms. The summed E-state index contributed by atoms with van der Waals surface area (Å²) in [5.41, 5.74) is 1.94. The van der Waals surface area contributed by atoms with Gasteiger partial charge in [-0.05, 0) is 43.7 Å². The van der Waals surface area contributed by atoms with E-state index in [4.69, 9.17) is 32.7 Å². The van der Waals surface area contributed by atoms with E-state index in [0.29, 0.717) is 21.3 Å². The van der Waals surface area contributed by atoms with Crippen molar-refractivity contribution in [1.29, 1.82) is 0 Å². The number of benzene rings is 2. The molecule has 1 unspecified atom stereocenters. The van der Waals surface area contributed by atoms with Crippen molar-refractivity contribution in [2.75, 3.05) is 5.32 Å². The van der Waals surface area contributed by atoms with Crippen LogP contribution in [-0.2, 0) is 27.3 Å². The summed E-state index contributed by atoms with van der Waals surface area (Å²) in [6.45, 7) is 3.57. The fourth-order valence-corrected chi connectivity index (χ4v) is 2.86. The predicted molar refractivity (Wildman–Crippen MR) is 108 cm³/mol. The molecule has 1 atom stereocenters. The number of carboxylic acid groups (broad SMARTS) is 1. The smallest absolute Gasteiger partial charge is 0.411 e. The second kappa shape index (κ2) is 10.3. The molecule has 0 fully saturated rings. The first kappa shape index (κ1) is 22.0. The third-order valence-corrected chi connectivity index (χ3v) is 4.29. The average Bonchev–Trinajstić information content (AvgIpc) is 2.61. The van der Waals surface area contributed by atoms with Crippen molar-refractivity contribution in [3.8, 4) is 0 Å². The molecular weight excluding hydrogens is 405 g/mol. The number of rotatable bonds is 8. The number of hydrogen-bond acceptors (Lipinski definition) is 4. The third kappa shape index (κ3) is 7.03. The first-order valence-corrected chi connectivity index (χ1v) is 9.35. The van der Waals surface area contributed by atoms with Crippen LogP contribution in [0.15, 0.2) is 42.5 Å². The van der Waals surface area contributed by atoms with Crippen LogP contribution in [0.3, 0.4) is 0 Å². The number of anilines is 1. The predicted octanol–water partition coefficient (Wildman–Crippen LogP) is 5.16. The molecule has 2 rings (SSSR count). The Kier molecular flexibility index (Phi) is 8.11. The van der Waals surface area contributed by atoms with E-state index in [0.717, 1.165) is 5.56 Å². The maximum Gasteiger partial charge on any atom is 0.411 e. The fraction of sp³-hybridized carbons (Fsp3) is 0.300. The molecule has 8 heteroatoms. The van der Waals surface area contributed by atoms with Crippen molar-refractivity contribution < 1.29 is 24.2 Å². The second-order valence-corrected chi connectivity index (χ2v) is 7.19. The molecule has 2 aromatic rings. The minimum Gasteiger partial charge on any atom is -0.479 e. The van der Waals surface area contributed by atoms with E-state index >= 15 is 0 Å². The van der Waals surface area contributed by atoms with Crippen LogP contribution in [-0.4, -0.2) is 29.4 Å².